The molecule has 7 nitrogen and oxygen atoms in total. The highest BCUT2D eigenvalue weighted by Gasteiger charge is 2.32. The maximum Gasteiger partial charge on any atom is 0.416 e. The molecule has 0 fully saturated rings. The van der Waals surface area contributed by atoms with Crippen LogP contribution < -0.4 is 15.4 Å². The van der Waals surface area contributed by atoms with Crippen LogP contribution in [0.1, 0.15) is 41.6 Å². The fraction of sp³-hybridized carbons (Fsp3) is 0.259. The number of urea groups is 1. The molecule has 10 heteroatoms. The maximum absolute atomic E-state index is 13.6. The van der Waals surface area contributed by atoms with E-state index in [9.17, 15) is 33.0 Å². The Morgan fingerprint density at radius 3 is 2.24 bits per heavy atom. The molecule has 0 radical (unpaired) electrons. The molecule has 3 aromatic carbocycles. The molecule has 0 bridgehead atoms. The summed E-state index contributed by atoms with van der Waals surface area (Å²) in [4.78, 5) is 23.9. The van der Waals surface area contributed by atoms with E-state index < -0.39 is 29.8 Å². The number of carboxylic acids is 1. The molecule has 0 aliphatic rings. The standard InChI is InChI=1S/C27H27F3N2O5/c1-3-23(32-26(36)31-15-16-4-8-19(33)9-5-16)21-14-18(27(28,29)30)7-10-20(21)22-12-17(13-25(34)35)6-11-24(22)37-2/h4-12,14,23,33H,3,13,15H2,1-2H3,(H,34,35)(H2,31,32,36). The number of nitrogens with one attached hydrogen (secondary N) is 2. The summed E-state index contributed by atoms with van der Waals surface area (Å²) in [6, 6.07) is 12.8. The lowest BCUT2D eigenvalue weighted by Crippen LogP contribution is -2.37. The summed E-state index contributed by atoms with van der Waals surface area (Å²) in [5.41, 5.74) is 1.29. The third-order valence-electron chi connectivity index (χ3n) is 5.77. The van der Waals surface area contributed by atoms with Gasteiger partial charge in [0, 0.05) is 12.1 Å². The monoisotopic (exact) mass is 516 g/mol. The van der Waals surface area contributed by atoms with Crippen LogP contribution in [0.4, 0.5) is 18.0 Å². The molecule has 1 atom stereocenters. The van der Waals surface area contributed by atoms with Gasteiger partial charge in [0.15, 0.2) is 0 Å². The van der Waals surface area contributed by atoms with Crippen molar-refractivity contribution in [1.29, 1.82) is 0 Å². The van der Waals surface area contributed by atoms with Crippen LogP contribution in [0.15, 0.2) is 60.7 Å². The first-order valence-corrected chi connectivity index (χ1v) is 11.4. The number of aliphatic carboxylic acids is 1. The molecule has 0 aliphatic heterocycles. The fourth-order valence-corrected chi connectivity index (χ4v) is 3.93. The van der Waals surface area contributed by atoms with Crippen LogP contribution in [0, 0.1) is 0 Å². The van der Waals surface area contributed by atoms with E-state index in [1.807, 2.05) is 0 Å². The van der Waals surface area contributed by atoms with E-state index >= 15 is 0 Å². The number of halogens is 3. The molecule has 0 spiro atoms. The SMILES string of the molecule is CCC(NC(=O)NCc1ccc(O)cc1)c1cc(C(F)(F)F)ccc1-c1cc(CC(=O)O)ccc1OC. The number of hydrogen-bond acceptors (Lipinski definition) is 4. The Kier molecular flexibility index (Phi) is 8.65. The van der Waals surface area contributed by atoms with Gasteiger partial charge in [-0.2, -0.15) is 13.2 Å². The predicted octanol–water partition coefficient (Wildman–Crippen LogP) is 5.66. The highest BCUT2D eigenvalue weighted by atomic mass is 19.4. The van der Waals surface area contributed by atoms with Gasteiger partial charge in [-0.3, -0.25) is 4.79 Å². The van der Waals surface area contributed by atoms with Gasteiger partial charge in [0.05, 0.1) is 25.1 Å². The van der Waals surface area contributed by atoms with E-state index in [2.05, 4.69) is 10.6 Å². The first-order valence-electron chi connectivity index (χ1n) is 11.4. The van der Waals surface area contributed by atoms with Gasteiger partial charge in [0.1, 0.15) is 11.5 Å². The number of phenolic OH excluding ortho intramolecular Hbond substituents is 1. The number of aromatic hydroxyl groups is 1. The molecule has 0 aromatic heterocycles. The van der Waals surface area contributed by atoms with E-state index in [1.165, 1.54) is 25.3 Å². The van der Waals surface area contributed by atoms with Crippen LogP contribution in [0.5, 0.6) is 11.5 Å². The number of ether oxygens (including phenoxy) is 1. The van der Waals surface area contributed by atoms with Crippen molar-refractivity contribution in [2.24, 2.45) is 0 Å². The number of amides is 2. The number of alkyl halides is 3. The highest BCUT2D eigenvalue weighted by Crippen LogP contribution is 2.40. The first kappa shape index (κ1) is 27.4. The number of benzene rings is 3. The molecule has 1 unspecified atom stereocenters. The average Bonchev–Trinajstić information content (AvgIpc) is 2.85. The third-order valence-corrected chi connectivity index (χ3v) is 5.77. The number of carboxylic acid groups (broad SMARTS) is 1. The van der Waals surface area contributed by atoms with Crippen molar-refractivity contribution in [3.63, 3.8) is 0 Å². The van der Waals surface area contributed by atoms with Gasteiger partial charge >= 0.3 is 18.2 Å². The van der Waals surface area contributed by atoms with Gasteiger partial charge in [-0.25, -0.2) is 4.79 Å². The summed E-state index contributed by atoms with van der Waals surface area (Å²) < 4.78 is 46.3. The molecule has 0 saturated carbocycles. The third kappa shape index (κ3) is 7.16. The quantitative estimate of drug-likeness (QED) is 0.293. The number of phenols is 1. The second-order valence-corrected chi connectivity index (χ2v) is 8.36. The number of methoxy groups -OCH3 is 1. The number of hydrogen-bond donors (Lipinski definition) is 4. The number of rotatable bonds is 9. The zero-order valence-electron chi connectivity index (χ0n) is 20.2. The van der Waals surface area contributed by atoms with Crippen molar-refractivity contribution in [3.05, 3.63) is 82.9 Å². The summed E-state index contributed by atoms with van der Waals surface area (Å²) in [5, 5.41) is 24.0. The zero-order chi connectivity index (χ0) is 27.2. The van der Waals surface area contributed by atoms with Crippen molar-refractivity contribution in [3.8, 4) is 22.6 Å². The van der Waals surface area contributed by atoms with E-state index in [4.69, 9.17) is 4.74 Å². The summed E-state index contributed by atoms with van der Waals surface area (Å²) in [6.45, 7) is 1.87. The minimum Gasteiger partial charge on any atom is -0.508 e. The summed E-state index contributed by atoms with van der Waals surface area (Å²) in [7, 11) is 1.41. The number of carbonyl (C=O) groups is 2. The van der Waals surface area contributed by atoms with Crippen LogP contribution in [0.2, 0.25) is 0 Å². The Morgan fingerprint density at radius 2 is 1.65 bits per heavy atom. The Balaban J connectivity index is 1.99. The van der Waals surface area contributed by atoms with Crippen molar-refractivity contribution in [1.82, 2.24) is 10.6 Å². The van der Waals surface area contributed by atoms with Crippen LogP contribution >= 0.6 is 0 Å². The van der Waals surface area contributed by atoms with Crippen LogP contribution in [0.3, 0.4) is 0 Å². The van der Waals surface area contributed by atoms with Crippen molar-refractivity contribution >= 4 is 12.0 Å². The second kappa shape index (κ2) is 11.7. The molecular weight excluding hydrogens is 489 g/mol. The normalized spacial score (nSPS) is 12.0. The molecule has 0 aliphatic carbocycles. The molecule has 0 heterocycles. The maximum atomic E-state index is 13.6. The smallest absolute Gasteiger partial charge is 0.416 e. The zero-order valence-corrected chi connectivity index (χ0v) is 20.2. The van der Waals surface area contributed by atoms with Crippen molar-refractivity contribution in [2.75, 3.05) is 7.11 Å². The van der Waals surface area contributed by atoms with Crippen molar-refractivity contribution in [2.45, 2.75) is 38.5 Å². The number of carbonyl (C=O) groups excluding carboxylic acids is 1. The minimum atomic E-state index is -4.61. The van der Waals surface area contributed by atoms with E-state index in [0.717, 1.165) is 17.7 Å². The fourth-order valence-electron chi connectivity index (χ4n) is 3.93. The van der Waals surface area contributed by atoms with Gasteiger partial charge < -0.3 is 25.6 Å². The van der Waals surface area contributed by atoms with Crippen LogP contribution in [-0.4, -0.2) is 29.3 Å². The second-order valence-electron chi connectivity index (χ2n) is 8.36. The topological polar surface area (TPSA) is 108 Å². The molecule has 0 saturated heterocycles. The summed E-state index contributed by atoms with van der Waals surface area (Å²) in [5.74, 6) is -0.622. The molecular formula is C27H27F3N2O5. The van der Waals surface area contributed by atoms with E-state index in [-0.39, 0.29) is 30.7 Å². The molecule has 3 rings (SSSR count). The molecule has 37 heavy (non-hydrogen) atoms. The lowest BCUT2D eigenvalue weighted by atomic mass is 9.90. The highest BCUT2D eigenvalue weighted by molar-refractivity contribution is 5.79. The summed E-state index contributed by atoms with van der Waals surface area (Å²) >= 11 is 0. The van der Waals surface area contributed by atoms with Gasteiger partial charge in [-0.15, -0.1) is 0 Å². The Bertz CT molecular complexity index is 1260. The van der Waals surface area contributed by atoms with Gasteiger partial charge in [0.2, 0.25) is 0 Å². The van der Waals surface area contributed by atoms with Crippen LogP contribution in [0.25, 0.3) is 11.1 Å². The molecule has 3 aromatic rings. The van der Waals surface area contributed by atoms with E-state index in [0.29, 0.717) is 22.4 Å². The Morgan fingerprint density at radius 1 is 0.973 bits per heavy atom. The molecule has 4 N–H and O–H groups in total. The van der Waals surface area contributed by atoms with Gasteiger partial charge in [0.25, 0.3) is 0 Å². The lowest BCUT2D eigenvalue weighted by molar-refractivity contribution is -0.138. The Hall–Kier alpha value is -4.21. The minimum absolute atomic E-state index is 0.0826. The van der Waals surface area contributed by atoms with Crippen molar-refractivity contribution < 1.29 is 37.7 Å². The first-order chi connectivity index (χ1) is 17.5. The lowest BCUT2D eigenvalue weighted by Gasteiger charge is -2.24. The largest absolute Gasteiger partial charge is 0.508 e. The predicted molar refractivity (Wildman–Crippen MR) is 131 cm³/mol. The van der Waals surface area contributed by atoms with Crippen LogP contribution in [-0.2, 0) is 23.9 Å². The summed E-state index contributed by atoms with van der Waals surface area (Å²) in [6.07, 6.45) is -4.61. The molecule has 196 valence electrons. The molecule has 2 amide bonds. The van der Waals surface area contributed by atoms with E-state index in [1.54, 1.807) is 37.3 Å². The Labute approximate surface area is 211 Å². The van der Waals surface area contributed by atoms with Gasteiger partial charge in [-0.05, 0) is 65.1 Å². The average molecular weight is 517 g/mol. The van der Waals surface area contributed by atoms with Gasteiger partial charge in [-0.1, -0.05) is 31.2 Å².